The number of carboxylic acids is 1. The zero-order valence-corrected chi connectivity index (χ0v) is 10.1. The van der Waals surface area contributed by atoms with Gasteiger partial charge < -0.3 is 5.11 Å². The van der Waals surface area contributed by atoms with Crippen molar-refractivity contribution in [2.75, 3.05) is 6.26 Å². The van der Waals surface area contributed by atoms with Gasteiger partial charge in [-0.3, -0.25) is 4.79 Å². The van der Waals surface area contributed by atoms with Gasteiger partial charge in [0.15, 0.2) is 0 Å². The monoisotopic (exact) mass is 224 g/mol. The molecule has 0 saturated carbocycles. The third kappa shape index (κ3) is 2.34. The molecule has 1 atom stereocenters. The Labute approximate surface area is 94.7 Å². The highest BCUT2D eigenvalue weighted by atomic mass is 32.2. The van der Waals surface area contributed by atoms with Crippen molar-refractivity contribution in [3.63, 3.8) is 0 Å². The summed E-state index contributed by atoms with van der Waals surface area (Å²) in [7, 11) is 0. The SMILES string of the molecule is CCc1ccc(C(C)(SC)C(=O)O)cc1. The van der Waals surface area contributed by atoms with Crippen molar-refractivity contribution in [3.05, 3.63) is 35.4 Å². The summed E-state index contributed by atoms with van der Waals surface area (Å²) in [6.07, 6.45) is 2.80. The second-order valence-electron chi connectivity index (χ2n) is 3.59. The molecule has 1 N–H and O–H groups in total. The summed E-state index contributed by atoms with van der Waals surface area (Å²) in [6.45, 7) is 3.82. The van der Waals surface area contributed by atoms with E-state index in [1.54, 1.807) is 6.92 Å². The summed E-state index contributed by atoms with van der Waals surface area (Å²) >= 11 is 1.35. The van der Waals surface area contributed by atoms with Gasteiger partial charge in [0.2, 0.25) is 0 Å². The van der Waals surface area contributed by atoms with Crippen molar-refractivity contribution in [1.82, 2.24) is 0 Å². The molecule has 15 heavy (non-hydrogen) atoms. The van der Waals surface area contributed by atoms with E-state index in [4.69, 9.17) is 0 Å². The van der Waals surface area contributed by atoms with Gasteiger partial charge in [-0.05, 0) is 30.7 Å². The number of hydrogen-bond donors (Lipinski definition) is 1. The molecule has 0 spiro atoms. The molecule has 0 radical (unpaired) electrons. The summed E-state index contributed by atoms with van der Waals surface area (Å²) < 4.78 is -0.841. The minimum atomic E-state index is -0.841. The Hall–Kier alpha value is -0.960. The van der Waals surface area contributed by atoms with Crippen molar-refractivity contribution in [2.45, 2.75) is 25.0 Å². The molecule has 0 aliphatic carbocycles. The fourth-order valence-corrected chi connectivity index (χ4v) is 1.93. The van der Waals surface area contributed by atoms with Crippen LogP contribution in [0, 0.1) is 0 Å². The maximum Gasteiger partial charge on any atom is 0.324 e. The quantitative estimate of drug-likeness (QED) is 0.854. The van der Waals surface area contributed by atoms with Crippen LogP contribution in [0.15, 0.2) is 24.3 Å². The van der Waals surface area contributed by atoms with Gasteiger partial charge in [-0.25, -0.2) is 0 Å². The molecule has 1 aromatic carbocycles. The van der Waals surface area contributed by atoms with Crippen molar-refractivity contribution >= 4 is 17.7 Å². The zero-order valence-electron chi connectivity index (χ0n) is 9.28. The summed E-state index contributed by atoms with van der Waals surface area (Å²) in [6, 6.07) is 7.80. The average Bonchev–Trinajstić information content (AvgIpc) is 2.28. The van der Waals surface area contributed by atoms with Crippen LogP contribution in [-0.2, 0) is 16.0 Å². The first-order chi connectivity index (χ1) is 7.04. The molecule has 82 valence electrons. The van der Waals surface area contributed by atoms with E-state index in [-0.39, 0.29) is 0 Å². The highest BCUT2D eigenvalue weighted by molar-refractivity contribution is 8.00. The van der Waals surface area contributed by atoms with E-state index in [0.717, 1.165) is 12.0 Å². The second kappa shape index (κ2) is 4.71. The fraction of sp³-hybridized carbons (Fsp3) is 0.417. The van der Waals surface area contributed by atoms with Gasteiger partial charge in [-0.1, -0.05) is 31.2 Å². The van der Waals surface area contributed by atoms with Crippen LogP contribution in [-0.4, -0.2) is 17.3 Å². The summed E-state index contributed by atoms with van der Waals surface area (Å²) in [5.74, 6) is -0.792. The van der Waals surface area contributed by atoms with Gasteiger partial charge in [0.1, 0.15) is 4.75 Å². The molecule has 1 aromatic rings. The Bertz CT molecular complexity index is 345. The number of aryl methyl sites for hydroxylation is 1. The zero-order chi connectivity index (χ0) is 11.5. The molecule has 0 heterocycles. The first-order valence-corrected chi connectivity index (χ1v) is 6.15. The largest absolute Gasteiger partial charge is 0.480 e. The van der Waals surface area contributed by atoms with Crippen LogP contribution >= 0.6 is 11.8 Å². The Kier molecular flexibility index (Phi) is 3.80. The Morgan fingerprint density at radius 3 is 2.27 bits per heavy atom. The average molecular weight is 224 g/mol. The maximum atomic E-state index is 11.2. The molecule has 0 fully saturated rings. The van der Waals surface area contributed by atoms with Crippen LogP contribution in [0.3, 0.4) is 0 Å². The Balaban J connectivity index is 3.08. The minimum absolute atomic E-state index is 0.792. The summed E-state index contributed by atoms with van der Waals surface area (Å²) in [4.78, 5) is 11.2. The lowest BCUT2D eigenvalue weighted by Gasteiger charge is -2.22. The first-order valence-electron chi connectivity index (χ1n) is 4.92. The van der Waals surface area contributed by atoms with E-state index in [1.165, 1.54) is 17.3 Å². The Morgan fingerprint density at radius 2 is 1.93 bits per heavy atom. The standard InChI is InChI=1S/C12H16O2S/c1-4-9-5-7-10(8-6-9)12(2,15-3)11(13)14/h5-8H,4H2,1-3H3,(H,13,14). The number of benzene rings is 1. The van der Waals surface area contributed by atoms with E-state index in [2.05, 4.69) is 6.92 Å². The molecule has 0 aliphatic rings. The number of carboxylic acid groups (broad SMARTS) is 1. The predicted molar refractivity (Wildman–Crippen MR) is 64.3 cm³/mol. The number of thioether (sulfide) groups is 1. The second-order valence-corrected chi connectivity index (χ2v) is 4.82. The molecule has 1 unspecified atom stereocenters. The minimum Gasteiger partial charge on any atom is -0.480 e. The lowest BCUT2D eigenvalue weighted by atomic mass is 9.98. The molecule has 0 amide bonds. The smallest absolute Gasteiger partial charge is 0.324 e. The van der Waals surface area contributed by atoms with Gasteiger partial charge in [0.25, 0.3) is 0 Å². The van der Waals surface area contributed by atoms with Crippen molar-refractivity contribution in [3.8, 4) is 0 Å². The maximum absolute atomic E-state index is 11.2. The Morgan fingerprint density at radius 1 is 1.40 bits per heavy atom. The number of aliphatic carboxylic acids is 1. The fourth-order valence-electron chi connectivity index (χ4n) is 1.39. The molecule has 0 aromatic heterocycles. The van der Waals surface area contributed by atoms with E-state index >= 15 is 0 Å². The van der Waals surface area contributed by atoms with Crippen LogP contribution in [0.2, 0.25) is 0 Å². The number of hydrogen-bond acceptors (Lipinski definition) is 2. The highest BCUT2D eigenvalue weighted by Crippen LogP contribution is 2.34. The molecule has 3 heteroatoms. The van der Waals surface area contributed by atoms with Crippen molar-refractivity contribution in [2.24, 2.45) is 0 Å². The van der Waals surface area contributed by atoms with Gasteiger partial charge in [0, 0.05) is 0 Å². The molecule has 0 aliphatic heterocycles. The van der Waals surface area contributed by atoms with E-state index in [0.29, 0.717) is 0 Å². The number of rotatable bonds is 4. The van der Waals surface area contributed by atoms with Crippen LogP contribution in [0.4, 0.5) is 0 Å². The topological polar surface area (TPSA) is 37.3 Å². The lowest BCUT2D eigenvalue weighted by Crippen LogP contribution is -2.28. The van der Waals surface area contributed by atoms with Gasteiger partial charge >= 0.3 is 5.97 Å². The third-order valence-electron chi connectivity index (χ3n) is 2.73. The molecule has 2 nitrogen and oxygen atoms in total. The van der Waals surface area contributed by atoms with Crippen molar-refractivity contribution in [1.29, 1.82) is 0 Å². The predicted octanol–water partition coefficient (Wildman–Crippen LogP) is 2.91. The van der Waals surface area contributed by atoms with Crippen LogP contribution in [0.25, 0.3) is 0 Å². The van der Waals surface area contributed by atoms with Crippen LogP contribution < -0.4 is 0 Å². The van der Waals surface area contributed by atoms with Gasteiger partial charge in [-0.2, -0.15) is 0 Å². The van der Waals surface area contributed by atoms with E-state index < -0.39 is 10.7 Å². The van der Waals surface area contributed by atoms with Gasteiger partial charge in [0.05, 0.1) is 0 Å². The first kappa shape index (κ1) is 12.1. The third-order valence-corrected chi connectivity index (χ3v) is 3.96. The van der Waals surface area contributed by atoms with Gasteiger partial charge in [-0.15, -0.1) is 11.8 Å². The normalized spacial score (nSPS) is 14.6. The lowest BCUT2D eigenvalue weighted by molar-refractivity contribution is -0.139. The molecule has 1 rings (SSSR count). The molecule has 0 saturated heterocycles. The number of carbonyl (C=O) groups is 1. The van der Waals surface area contributed by atoms with E-state index in [9.17, 15) is 9.90 Å². The summed E-state index contributed by atoms with van der Waals surface area (Å²) in [5, 5.41) is 9.19. The summed E-state index contributed by atoms with van der Waals surface area (Å²) in [5.41, 5.74) is 2.08. The van der Waals surface area contributed by atoms with E-state index in [1.807, 2.05) is 30.5 Å². The molecule has 0 bridgehead atoms. The highest BCUT2D eigenvalue weighted by Gasteiger charge is 2.33. The van der Waals surface area contributed by atoms with Crippen molar-refractivity contribution < 1.29 is 9.90 Å². The molecular formula is C12H16O2S. The van der Waals surface area contributed by atoms with Crippen LogP contribution in [0.5, 0.6) is 0 Å². The molecular weight excluding hydrogens is 208 g/mol. The van der Waals surface area contributed by atoms with Crippen LogP contribution in [0.1, 0.15) is 25.0 Å².